The molecule has 0 bridgehead atoms. The van der Waals surface area contributed by atoms with Crippen LogP contribution in [0, 0.1) is 5.82 Å². The van der Waals surface area contributed by atoms with Crippen LogP contribution in [0.3, 0.4) is 0 Å². The Morgan fingerprint density at radius 1 is 1.11 bits per heavy atom. The average Bonchev–Trinajstić information content (AvgIpc) is 3.14. The van der Waals surface area contributed by atoms with Gasteiger partial charge in [-0.05, 0) is 41.8 Å². The normalized spacial score (nSPS) is 10.8. The zero-order valence-electron chi connectivity index (χ0n) is 15.5. The summed E-state index contributed by atoms with van der Waals surface area (Å²) in [6, 6.07) is 14.2. The minimum atomic E-state index is -0.312. The first-order chi connectivity index (χ1) is 13.1. The lowest BCUT2D eigenvalue weighted by Crippen LogP contribution is -2.33. The molecule has 140 valence electrons. The third-order valence-electron chi connectivity index (χ3n) is 4.35. The minimum Gasteiger partial charge on any atom is -0.337 e. The van der Waals surface area contributed by atoms with Crippen LogP contribution >= 0.6 is 0 Å². The van der Waals surface area contributed by atoms with Gasteiger partial charge in [0.05, 0.1) is 0 Å². The molecule has 0 aliphatic heterocycles. The number of nitrogens with zero attached hydrogens (tertiary/aromatic N) is 5. The molecule has 0 saturated carbocycles. The van der Waals surface area contributed by atoms with Gasteiger partial charge in [-0.25, -0.2) is 4.39 Å². The Hall–Kier alpha value is -3.09. The molecule has 0 unspecified atom stereocenters. The van der Waals surface area contributed by atoms with Crippen molar-refractivity contribution in [3.63, 3.8) is 0 Å². The van der Waals surface area contributed by atoms with Crippen LogP contribution in [-0.2, 0) is 24.3 Å². The molecule has 0 radical (unpaired) electrons. The minimum absolute atomic E-state index is 0.0107. The topological polar surface area (TPSA) is 63.9 Å². The van der Waals surface area contributed by atoms with Crippen molar-refractivity contribution in [2.75, 3.05) is 6.54 Å². The first kappa shape index (κ1) is 18.7. The number of carbonyl (C=O) groups is 1. The maximum absolute atomic E-state index is 13.3. The number of rotatable bonds is 7. The lowest BCUT2D eigenvalue weighted by atomic mass is 10.1. The smallest absolute Gasteiger partial charge is 0.246 e. The SMILES string of the molecule is CCc1ccc(-c2nnn(CC(=O)N(CC)Cc3cccc(F)c3)n2)cc1. The number of amides is 1. The molecule has 2 aromatic carbocycles. The maximum atomic E-state index is 13.3. The Morgan fingerprint density at radius 3 is 2.56 bits per heavy atom. The van der Waals surface area contributed by atoms with E-state index in [0.717, 1.165) is 17.5 Å². The van der Waals surface area contributed by atoms with E-state index in [9.17, 15) is 9.18 Å². The van der Waals surface area contributed by atoms with Crippen LogP contribution < -0.4 is 0 Å². The van der Waals surface area contributed by atoms with Crippen molar-refractivity contribution in [1.29, 1.82) is 0 Å². The fourth-order valence-corrected chi connectivity index (χ4v) is 2.77. The second kappa shape index (κ2) is 8.53. The molecule has 1 heterocycles. The molecular formula is C20H22FN5O. The highest BCUT2D eigenvalue weighted by atomic mass is 19.1. The van der Waals surface area contributed by atoms with Gasteiger partial charge < -0.3 is 4.90 Å². The van der Waals surface area contributed by atoms with Gasteiger partial charge in [0.15, 0.2) is 0 Å². The molecule has 0 fully saturated rings. The van der Waals surface area contributed by atoms with Gasteiger partial charge in [0.25, 0.3) is 0 Å². The Labute approximate surface area is 157 Å². The van der Waals surface area contributed by atoms with Gasteiger partial charge >= 0.3 is 0 Å². The van der Waals surface area contributed by atoms with Gasteiger partial charge in [-0.1, -0.05) is 43.3 Å². The van der Waals surface area contributed by atoms with Gasteiger partial charge in [-0.15, -0.1) is 10.2 Å². The lowest BCUT2D eigenvalue weighted by Gasteiger charge is -2.20. The number of hydrogen-bond acceptors (Lipinski definition) is 4. The summed E-state index contributed by atoms with van der Waals surface area (Å²) in [4.78, 5) is 15.5. The van der Waals surface area contributed by atoms with Gasteiger partial charge in [-0.2, -0.15) is 4.80 Å². The van der Waals surface area contributed by atoms with Gasteiger partial charge in [0.1, 0.15) is 12.4 Å². The van der Waals surface area contributed by atoms with E-state index in [1.54, 1.807) is 17.0 Å². The average molecular weight is 367 g/mol. The van der Waals surface area contributed by atoms with Crippen molar-refractivity contribution in [3.05, 3.63) is 65.5 Å². The highest BCUT2D eigenvalue weighted by Gasteiger charge is 2.15. The van der Waals surface area contributed by atoms with E-state index >= 15 is 0 Å². The molecule has 0 aliphatic rings. The largest absolute Gasteiger partial charge is 0.337 e. The maximum Gasteiger partial charge on any atom is 0.246 e. The van der Waals surface area contributed by atoms with Crippen molar-refractivity contribution in [2.45, 2.75) is 33.4 Å². The fraction of sp³-hybridized carbons (Fsp3) is 0.300. The van der Waals surface area contributed by atoms with E-state index < -0.39 is 0 Å². The van der Waals surface area contributed by atoms with Crippen LogP contribution in [0.2, 0.25) is 0 Å². The Morgan fingerprint density at radius 2 is 1.89 bits per heavy atom. The predicted molar refractivity (Wildman–Crippen MR) is 100 cm³/mol. The summed E-state index contributed by atoms with van der Waals surface area (Å²) in [6.07, 6.45) is 0.965. The summed E-state index contributed by atoms with van der Waals surface area (Å²) in [6.45, 7) is 4.82. The molecule has 1 amide bonds. The number of aryl methyl sites for hydroxylation is 1. The first-order valence-electron chi connectivity index (χ1n) is 8.98. The summed E-state index contributed by atoms with van der Waals surface area (Å²) >= 11 is 0. The lowest BCUT2D eigenvalue weighted by molar-refractivity contribution is -0.132. The van der Waals surface area contributed by atoms with E-state index in [-0.39, 0.29) is 18.3 Å². The van der Waals surface area contributed by atoms with Crippen LogP contribution in [0.15, 0.2) is 48.5 Å². The Balaban J connectivity index is 1.66. The van der Waals surface area contributed by atoms with Crippen LogP contribution in [0.5, 0.6) is 0 Å². The van der Waals surface area contributed by atoms with Crippen molar-refractivity contribution in [3.8, 4) is 11.4 Å². The van der Waals surface area contributed by atoms with Crippen LogP contribution in [0.1, 0.15) is 25.0 Å². The second-order valence-electron chi connectivity index (χ2n) is 6.23. The van der Waals surface area contributed by atoms with E-state index in [1.807, 2.05) is 31.2 Å². The molecule has 0 spiro atoms. The molecule has 6 nitrogen and oxygen atoms in total. The van der Waals surface area contributed by atoms with E-state index in [0.29, 0.717) is 18.9 Å². The number of carbonyl (C=O) groups excluding carboxylic acids is 1. The molecule has 0 atom stereocenters. The van der Waals surface area contributed by atoms with E-state index in [4.69, 9.17) is 0 Å². The summed E-state index contributed by atoms with van der Waals surface area (Å²) < 4.78 is 13.3. The zero-order valence-corrected chi connectivity index (χ0v) is 15.5. The van der Waals surface area contributed by atoms with Crippen LogP contribution in [0.4, 0.5) is 4.39 Å². The number of hydrogen-bond donors (Lipinski definition) is 0. The fourth-order valence-electron chi connectivity index (χ4n) is 2.77. The summed E-state index contributed by atoms with van der Waals surface area (Å²) in [5.41, 5.74) is 2.84. The second-order valence-corrected chi connectivity index (χ2v) is 6.23. The van der Waals surface area contributed by atoms with Gasteiger partial charge in [0.2, 0.25) is 11.7 Å². The number of likely N-dealkylation sites (N-methyl/N-ethyl adjacent to an activating group) is 1. The number of halogens is 1. The van der Waals surface area contributed by atoms with Gasteiger partial charge in [0, 0.05) is 18.7 Å². The Bertz CT molecular complexity index is 907. The molecule has 7 heteroatoms. The molecule has 1 aromatic heterocycles. The van der Waals surface area contributed by atoms with Crippen molar-refractivity contribution in [2.24, 2.45) is 0 Å². The summed E-state index contributed by atoms with van der Waals surface area (Å²) in [5.74, 6) is 0.0263. The molecule has 3 aromatic rings. The van der Waals surface area contributed by atoms with Gasteiger partial charge in [-0.3, -0.25) is 4.79 Å². The zero-order chi connectivity index (χ0) is 19.2. The van der Waals surface area contributed by atoms with Crippen molar-refractivity contribution >= 4 is 5.91 Å². The summed E-state index contributed by atoms with van der Waals surface area (Å²) in [5, 5.41) is 12.3. The molecule has 0 N–H and O–H groups in total. The third-order valence-corrected chi connectivity index (χ3v) is 4.35. The Kier molecular flexibility index (Phi) is 5.90. The van der Waals surface area contributed by atoms with Crippen LogP contribution in [-0.4, -0.2) is 37.6 Å². The van der Waals surface area contributed by atoms with Crippen LogP contribution in [0.25, 0.3) is 11.4 Å². The molecule has 0 aliphatic carbocycles. The third kappa shape index (κ3) is 4.75. The van der Waals surface area contributed by atoms with E-state index in [2.05, 4.69) is 22.3 Å². The quantitative estimate of drug-likeness (QED) is 0.644. The predicted octanol–water partition coefficient (Wildman–Crippen LogP) is 3.09. The summed E-state index contributed by atoms with van der Waals surface area (Å²) in [7, 11) is 0. The monoisotopic (exact) mass is 367 g/mol. The highest BCUT2D eigenvalue weighted by Crippen LogP contribution is 2.15. The number of benzene rings is 2. The number of aromatic nitrogens is 4. The first-order valence-corrected chi connectivity index (χ1v) is 8.98. The standard InChI is InChI=1S/C20H22FN5O/c1-3-15-8-10-17(11-9-15)20-22-24-26(23-20)14-19(27)25(4-2)13-16-6-5-7-18(21)12-16/h5-12H,3-4,13-14H2,1-2H3. The molecule has 27 heavy (non-hydrogen) atoms. The van der Waals surface area contributed by atoms with E-state index in [1.165, 1.54) is 22.5 Å². The molecular weight excluding hydrogens is 345 g/mol. The van der Waals surface area contributed by atoms with Crippen molar-refractivity contribution < 1.29 is 9.18 Å². The number of tetrazole rings is 1. The molecule has 3 rings (SSSR count). The highest BCUT2D eigenvalue weighted by molar-refractivity contribution is 5.75. The molecule has 0 saturated heterocycles. The van der Waals surface area contributed by atoms with Crippen molar-refractivity contribution in [1.82, 2.24) is 25.1 Å².